The zero-order valence-electron chi connectivity index (χ0n) is 11.1. The van der Waals surface area contributed by atoms with Crippen LogP contribution in [0.3, 0.4) is 0 Å². The topological polar surface area (TPSA) is 136 Å². The predicted octanol–water partition coefficient (Wildman–Crippen LogP) is 0.790. The van der Waals surface area contributed by atoms with E-state index in [-0.39, 0.29) is 5.56 Å². The Morgan fingerprint density at radius 2 is 2.09 bits per heavy atom. The zero-order chi connectivity index (χ0) is 15.5. The molecule has 0 aliphatic heterocycles. The van der Waals surface area contributed by atoms with Crippen molar-refractivity contribution in [3.8, 4) is 0 Å². The van der Waals surface area contributed by atoms with E-state index in [9.17, 15) is 9.59 Å². The van der Waals surface area contributed by atoms with E-state index < -0.39 is 11.7 Å². The Morgan fingerprint density at radius 1 is 1.32 bits per heavy atom. The van der Waals surface area contributed by atoms with Gasteiger partial charge in [0.1, 0.15) is 5.82 Å². The fourth-order valence-corrected chi connectivity index (χ4v) is 1.82. The van der Waals surface area contributed by atoms with E-state index in [1.165, 1.54) is 24.5 Å². The van der Waals surface area contributed by atoms with Gasteiger partial charge in [-0.25, -0.2) is 9.59 Å². The molecule has 4 N–H and O–H groups in total. The van der Waals surface area contributed by atoms with E-state index >= 15 is 0 Å². The fraction of sp³-hybridized carbons (Fsp3) is 0. The van der Waals surface area contributed by atoms with Gasteiger partial charge in [-0.3, -0.25) is 15.5 Å². The second kappa shape index (κ2) is 5.48. The number of anilines is 1. The van der Waals surface area contributed by atoms with Crippen LogP contribution in [-0.4, -0.2) is 37.5 Å². The third-order valence-corrected chi connectivity index (χ3v) is 2.88. The van der Waals surface area contributed by atoms with E-state index in [0.717, 1.165) is 0 Å². The second-order valence-corrected chi connectivity index (χ2v) is 4.35. The number of hydrogen-bond acceptors (Lipinski definition) is 6. The summed E-state index contributed by atoms with van der Waals surface area (Å²) in [6.45, 7) is 0. The van der Waals surface area contributed by atoms with Crippen molar-refractivity contribution in [1.82, 2.24) is 20.2 Å². The lowest BCUT2D eigenvalue weighted by atomic mass is 10.1. The molecule has 2 aromatic heterocycles. The molecule has 0 saturated carbocycles. The number of benzene rings is 1. The van der Waals surface area contributed by atoms with Crippen LogP contribution in [-0.2, 0) is 0 Å². The largest absolute Gasteiger partial charge is 0.478 e. The molecule has 9 nitrogen and oxygen atoms in total. The maximum Gasteiger partial charge on any atom is 0.348 e. The summed E-state index contributed by atoms with van der Waals surface area (Å²) >= 11 is 0. The Bertz CT molecular complexity index is 909. The lowest BCUT2D eigenvalue weighted by molar-refractivity contribution is 0.0697. The monoisotopic (exact) mass is 298 g/mol. The van der Waals surface area contributed by atoms with Gasteiger partial charge in [0, 0.05) is 0 Å². The van der Waals surface area contributed by atoms with Gasteiger partial charge in [0.15, 0.2) is 5.65 Å². The number of H-pyrrole nitrogens is 2. The normalized spacial score (nSPS) is 11.1. The Kier molecular flexibility index (Phi) is 3.36. The van der Waals surface area contributed by atoms with Gasteiger partial charge in [0.2, 0.25) is 0 Å². The summed E-state index contributed by atoms with van der Waals surface area (Å²) in [5.74, 6) is -0.625. The summed E-state index contributed by atoms with van der Waals surface area (Å²) in [6.07, 6.45) is 3.01. The van der Waals surface area contributed by atoms with Crippen LogP contribution in [0.25, 0.3) is 11.0 Å². The quantitative estimate of drug-likeness (QED) is 0.415. The highest BCUT2D eigenvalue weighted by Gasteiger charge is 2.05. The Morgan fingerprint density at radius 3 is 2.82 bits per heavy atom. The first-order valence-corrected chi connectivity index (χ1v) is 6.19. The minimum atomic E-state index is -0.988. The SMILES string of the molecule is O=C(O)c1ccc(/C=N/Nc2[nH]c(=O)nc3[nH]ncc23)cc1. The molecule has 9 heteroatoms. The molecule has 0 unspecified atom stereocenters. The minimum Gasteiger partial charge on any atom is -0.478 e. The van der Waals surface area contributed by atoms with E-state index in [1.807, 2.05) is 0 Å². The van der Waals surface area contributed by atoms with Crippen molar-refractivity contribution >= 4 is 29.0 Å². The molecule has 3 aromatic rings. The van der Waals surface area contributed by atoms with Crippen LogP contribution in [0.2, 0.25) is 0 Å². The molecule has 3 rings (SSSR count). The Hall–Kier alpha value is -3.49. The van der Waals surface area contributed by atoms with Crippen LogP contribution >= 0.6 is 0 Å². The van der Waals surface area contributed by atoms with Crippen LogP contribution in [0.4, 0.5) is 5.82 Å². The van der Waals surface area contributed by atoms with Gasteiger partial charge in [-0.15, -0.1) is 0 Å². The molecule has 0 radical (unpaired) electrons. The summed E-state index contributed by atoms with van der Waals surface area (Å²) < 4.78 is 0. The average Bonchev–Trinajstić information content (AvgIpc) is 2.96. The highest BCUT2D eigenvalue weighted by Crippen LogP contribution is 2.14. The number of fused-ring (bicyclic) bond motifs is 1. The predicted molar refractivity (Wildman–Crippen MR) is 79.1 cm³/mol. The average molecular weight is 298 g/mol. The minimum absolute atomic E-state index is 0.198. The summed E-state index contributed by atoms with van der Waals surface area (Å²) in [5, 5.41) is 19.8. The van der Waals surface area contributed by atoms with Crippen LogP contribution in [0.5, 0.6) is 0 Å². The van der Waals surface area contributed by atoms with Crippen LogP contribution in [0.1, 0.15) is 15.9 Å². The number of aromatic nitrogens is 4. The summed E-state index contributed by atoms with van der Waals surface area (Å²) in [5.41, 5.74) is 3.43. The van der Waals surface area contributed by atoms with Crippen LogP contribution < -0.4 is 11.1 Å². The Balaban J connectivity index is 1.80. The smallest absolute Gasteiger partial charge is 0.348 e. The number of carboxylic acid groups (broad SMARTS) is 1. The van der Waals surface area contributed by atoms with E-state index in [0.29, 0.717) is 22.4 Å². The number of carboxylic acids is 1. The molecule has 1 aromatic carbocycles. The van der Waals surface area contributed by atoms with Gasteiger partial charge in [0.25, 0.3) is 0 Å². The number of hydrogen-bond donors (Lipinski definition) is 4. The third-order valence-electron chi connectivity index (χ3n) is 2.88. The maximum atomic E-state index is 11.4. The molecule has 0 aliphatic carbocycles. The van der Waals surface area contributed by atoms with Crippen molar-refractivity contribution < 1.29 is 9.90 Å². The fourth-order valence-electron chi connectivity index (χ4n) is 1.82. The molecule has 0 aliphatic rings. The number of nitrogens with one attached hydrogen (secondary N) is 3. The molecule has 0 atom stereocenters. The molecular formula is C13H10N6O3. The third kappa shape index (κ3) is 2.68. The van der Waals surface area contributed by atoms with E-state index in [2.05, 4.69) is 30.7 Å². The second-order valence-electron chi connectivity index (χ2n) is 4.35. The molecular weight excluding hydrogens is 288 g/mol. The lowest BCUT2D eigenvalue weighted by Crippen LogP contribution is -2.12. The van der Waals surface area contributed by atoms with Gasteiger partial charge in [-0.2, -0.15) is 15.2 Å². The van der Waals surface area contributed by atoms with Crippen molar-refractivity contribution in [2.75, 3.05) is 5.43 Å². The molecule has 0 amide bonds. The number of nitrogens with zero attached hydrogens (tertiary/aromatic N) is 3. The number of hydrazone groups is 1. The van der Waals surface area contributed by atoms with E-state index in [4.69, 9.17) is 5.11 Å². The summed E-state index contributed by atoms with van der Waals surface area (Å²) in [4.78, 5) is 28.4. The van der Waals surface area contributed by atoms with Crippen LogP contribution in [0, 0.1) is 0 Å². The maximum absolute atomic E-state index is 11.4. The van der Waals surface area contributed by atoms with Crippen molar-refractivity contribution in [3.63, 3.8) is 0 Å². The highest BCUT2D eigenvalue weighted by molar-refractivity contribution is 5.90. The molecule has 110 valence electrons. The summed E-state index contributed by atoms with van der Waals surface area (Å²) in [6, 6.07) is 6.20. The number of rotatable bonds is 4. The molecule has 22 heavy (non-hydrogen) atoms. The standard InChI is InChI=1S/C13H10N6O3/c20-12(21)8-3-1-7(2-4-8)5-14-18-10-9-6-15-19-11(9)17-13(22)16-10/h1-6H,(H,20,21)(H3,15,16,17,18,19,22)/b14-5+. The van der Waals surface area contributed by atoms with Crippen molar-refractivity contribution in [3.05, 3.63) is 52.1 Å². The molecule has 0 spiro atoms. The first-order chi connectivity index (χ1) is 10.6. The van der Waals surface area contributed by atoms with Crippen LogP contribution in [0.15, 0.2) is 40.4 Å². The molecule has 0 saturated heterocycles. The molecule has 0 bridgehead atoms. The first kappa shape index (κ1) is 13.5. The summed E-state index contributed by atoms with van der Waals surface area (Å²) in [7, 11) is 0. The van der Waals surface area contributed by atoms with Gasteiger partial charge < -0.3 is 5.11 Å². The van der Waals surface area contributed by atoms with Crippen molar-refractivity contribution in [1.29, 1.82) is 0 Å². The number of aromatic carboxylic acids is 1. The van der Waals surface area contributed by atoms with E-state index in [1.54, 1.807) is 12.1 Å². The van der Waals surface area contributed by atoms with Gasteiger partial charge in [0.05, 0.1) is 23.4 Å². The Labute approximate surface area is 122 Å². The lowest BCUT2D eigenvalue weighted by Gasteiger charge is -2.00. The molecule has 0 fully saturated rings. The van der Waals surface area contributed by atoms with Crippen molar-refractivity contribution in [2.45, 2.75) is 0 Å². The molecule has 2 heterocycles. The first-order valence-electron chi connectivity index (χ1n) is 6.19. The van der Waals surface area contributed by atoms with Gasteiger partial charge >= 0.3 is 11.7 Å². The van der Waals surface area contributed by atoms with Crippen molar-refractivity contribution in [2.24, 2.45) is 5.10 Å². The highest BCUT2D eigenvalue weighted by atomic mass is 16.4. The number of carbonyl (C=O) groups is 1. The van der Waals surface area contributed by atoms with Gasteiger partial charge in [-0.1, -0.05) is 12.1 Å². The van der Waals surface area contributed by atoms with Gasteiger partial charge in [-0.05, 0) is 17.7 Å². The zero-order valence-corrected chi connectivity index (χ0v) is 11.1. The number of aromatic amines is 2.